The van der Waals surface area contributed by atoms with Crippen LogP contribution >= 0.6 is 0 Å². The minimum atomic E-state index is -0.816. The maximum atomic E-state index is 11.3. The molecule has 1 fully saturated rings. The molecule has 1 N–H and O–H groups in total. The number of likely N-dealkylation sites (N-methyl/N-ethyl adjacent to an activating group) is 1. The van der Waals surface area contributed by atoms with Crippen LogP contribution in [0.3, 0.4) is 0 Å². The first-order valence-corrected chi connectivity index (χ1v) is 7.14. The van der Waals surface area contributed by atoms with Gasteiger partial charge >= 0.3 is 0 Å². The van der Waals surface area contributed by atoms with Crippen LogP contribution in [0.15, 0.2) is 0 Å². The summed E-state index contributed by atoms with van der Waals surface area (Å²) in [5.74, 6) is 0. The Labute approximate surface area is 130 Å². The molecule has 8 heteroatoms. The second kappa shape index (κ2) is 7.24. The van der Waals surface area contributed by atoms with Gasteiger partial charge in [0.05, 0.1) is 5.54 Å². The zero-order chi connectivity index (χ0) is 16.8. The minimum Gasteiger partial charge on any atom is -0.356 e. The van der Waals surface area contributed by atoms with Gasteiger partial charge in [-0.25, -0.2) is 0 Å². The second-order valence-electron chi connectivity index (χ2n) is 5.88. The third kappa shape index (κ3) is 3.05. The Morgan fingerprint density at radius 2 is 1.45 bits per heavy atom. The summed E-state index contributed by atoms with van der Waals surface area (Å²) in [4.78, 5) is 49.1. The SMILES string of the molecule is CN(C=O)C1(CNC=O)CCCC(N(C)C=O)(N(C)C=O)C1. The summed E-state index contributed by atoms with van der Waals surface area (Å²) >= 11 is 0. The lowest BCUT2D eigenvalue weighted by molar-refractivity contribution is -0.152. The van der Waals surface area contributed by atoms with Gasteiger partial charge in [-0.05, 0) is 19.3 Å². The summed E-state index contributed by atoms with van der Waals surface area (Å²) in [6, 6.07) is 0. The van der Waals surface area contributed by atoms with Gasteiger partial charge in [0.2, 0.25) is 25.6 Å². The molecule has 0 bridgehead atoms. The molecule has 0 aliphatic heterocycles. The zero-order valence-corrected chi connectivity index (χ0v) is 13.3. The Hall–Kier alpha value is -2.12. The predicted octanol–water partition coefficient (Wildman–Crippen LogP) is -0.994. The zero-order valence-electron chi connectivity index (χ0n) is 13.3. The van der Waals surface area contributed by atoms with Crippen molar-refractivity contribution in [3.8, 4) is 0 Å². The highest BCUT2D eigenvalue weighted by molar-refractivity contribution is 5.55. The molecule has 1 unspecified atom stereocenters. The van der Waals surface area contributed by atoms with Crippen molar-refractivity contribution in [1.82, 2.24) is 20.0 Å². The molecule has 0 saturated heterocycles. The summed E-state index contributed by atoms with van der Waals surface area (Å²) in [5, 5.41) is 2.63. The fourth-order valence-corrected chi connectivity index (χ4v) is 3.37. The van der Waals surface area contributed by atoms with Crippen molar-refractivity contribution < 1.29 is 19.2 Å². The molecule has 124 valence electrons. The number of carbonyl (C=O) groups excluding carboxylic acids is 4. The van der Waals surface area contributed by atoms with E-state index in [-0.39, 0.29) is 6.54 Å². The molecule has 4 amide bonds. The fourth-order valence-electron chi connectivity index (χ4n) is 3.37. The van der Waals surface area contributed by atoms with E-state index in [2.05, 4.69) is 5.32 Å². The Morgan fingerprint density at radius 1 is 0.909 bits per heavy atom. The van der Waals surface area contributed by atoms with Crippen LogP contribution in [0.5, 0.6) is 0 Å². The maximum absolute atomic E-state index is 11.3. The van der Waals surface area contributed by atoms with Crippen LogP contribution in [0.4, 0.5) is 0 Å². The number of carbonyl (C=O) groups is 4. The van der Waals surface area contributed by atoms with Crippen molar-refractivity contribution in [3.05, 3.63) is 0 Å². The van der Waals surface area contributed by atoms with E-state index in [0.29, 0.717) is 44.9 Å². The van der Waals surface area contributed by atoms with E-state index >= 15 is 0 Å². The quantitative estimate of drug-likeness (QED) is 0.437. The van der Waals surface area contributed by atoms with E-state index in [1.54, 1.807) is 21.1 Å². The van der Waals surface area contributed by atoms with Gasteiger partial charge in [0, 0.05) is 34.1 Å². The number of amides is 4. The minimum absolute atomic E-state index is 0.271. The molecule has 1 aliphatic rings. The van der Waals surface area contributed by atoms with Crippen LogP contribution < -0.4 is 5.32 Å². The third-order valence-electron chi connectivity index (χ3n) is 4.88. The largest absolute Gasteiger partial charge is 0.356 e. The van der Waals surface area contributed by atoms with Gasteiger partial charge in [-0.1, -0.05) is 0 Å². The third-order valence-corrected chi connectivity index (χ3v) is 4.88. The maximum Gasteiger partial charge on any atom is 0.211 e. The molecule has 1 saturated carbocycles. The van der Waals surface area contributed by atoms with Crippen molar-refractivity contribution in [2.24, 2.45) is 0 Å². The molecule has 8 nitrogen and oxygen atoms in total. The average molecular weight is 312 g/mol. The van der Waals surface area contributed by atoms with E-state index in [1.807, 2.05) is 0 Å². The lowest BCUT2D eigenvalue weighted by atomic mass is 9.73. The van der Waals surface area contributed by atoms with Gasteiger partial charge in [0.15, 0.2) is 0 Å². The summed E-state index contributed by atoms with van der Waals surface area (Å²) in [7, 11) is 4.89. The van der Waals surface area contributed by atoms with Crippen LogP contribution in [0.2, 0.25) is 0 Å². The van der Waals surface area contributed by atoms with Crippen molar-refractivity contribution >= 4 is 25.6 Å². The van der Waals surface area contributed by atoms with Crippen molar-refractivity contribution in [1.29, 1.82) is 0 Å². The van der Waals surface area contributed by atoms with E-state index in [9.17, 15) is 19.2 Å². The van der Waals surface area contributed by atoms with Crippen molar-refractivity contribution in [2.75, 3.05) is 27.7 Å². The van der Waals surface area contributed by atoms with Gasteiger partial charge in [-0.15, -0.1) is 0 Å². The molecule has 1 atom stereocenters. The number of rotatable bonds is 9. The number of nitrogens with zero attached hydrogens (tertiary/aromatic N) is 3. The highest BCUT2D eigenvalue weighted by atomic mass is 16.2. The van der Waals surface area contributed by atoms with E-state index in [1.165, 1.54) is 14.7 Å². The topological polar surface area (TPSA) is 90.0 Å². The number of nitrogens with one attached hydrogen (secondary N) is 1. The van der Waals surface area contributed by atoms with Crippen LogP contribution in [-0.2, 0) is 19.2 Å². The lowest BCUT2D eigenvalue weighted by Crippen LogP contribution is -2.67. The number of hydrogen-bond donors (Lipinski definition) is 1. The van der Waals surface area contributed by atoms with E-state index in [4.69, 9.17) is 0 Å². The summed E-state index contributed by atoms with van der Waals surface area (Å²) < 4.78 is 0. The molecule has 0 aromatic rings. The van der Waals surface area contributed by atoms with Crippen molar-refractivity contribution in [3.63, 3.8) is 0 Å². The normalized spacial score (nSPS) is 23.0. The molecule has 0 aromatic heterocycles. The molecule has 1 rings (SSSR count). The standard InChI is InChI=1S/C14H24N4O4/c1-16(10-20)13(8-15-9-19)5-4-6-14(7-13,17(2)11-21)18(3)12-22/h9-12H,4-8H2,1-3H3,(H,15,19). The first kappa shape index (κ1) is 17.9. The molecular weight excluding hydrogens is 288 g/mol. The Bertz CT molecular complexity index is 417. The first-order chi connectivity index (χ1) is 10.4. The lowest BCUT2D eigenvalue weighted by Gasteiger charge is -2.55. The first-order valence-electron chi connectivity index (χ1n) is 7.14. The smallest absolute Gasteiger partial charge is 0.211 e. The summed E-state index contributed by atoms with van der Waals surface area (Å²) in [6.45, 7) is 0.271. The molecule has 22 heavy (non-hydrogen) atoms. The highest BCUT2D eigenvalue weighted by Crippen LogP contribution is 2.41. The van der Waals surface area contributed by atoms with Crippen molar-refractivity contribution in [2.45, 2.75) is 36.9 Å². The Morgan fingerprint density at radius 3 is 1.91 bits per heavy atom. The molecule has 0 aromatic carbocycles. The second-order valence-corrected chi connectivity index (χ2v) is 5.88. The highest BCUT2D eigenvalue weighted by Gasteiger charge is 2.51. The summed E-state index contributed by atoms with van der Waals surface area (Å²) in [5.41, 5.74) is -1.46. The molecular formula is C14H24N4O4. The van der Waals surface area contributed by atoms with Crippen LogP contribution in [0.25, 0.3) is 0 Å². The van der Waals surface area contributed by atoms with Gasteiger partial charge < -0.3 is 20.0 Å². The monoisotopic (exact) mass is 312 g/mol. The molecule has 1 aliphatic carbocycles. The summed E-state index contributed by atoms with van der Waals surface area (Å²) in [6.07, 6.45) is 5.06. The van der Waals surface area contributed by atoms with Gasteiger partial charge in [0.25, 0.3) is 0 Å². The van der Waals surface area contributed by atoms with Crippen LogP contribution in [0, 0.1) is 0 Å². The van der Waals surface area contributed by atoms with Gasteiger partial charge in [-0.2, -0.15) is 0 Å². The Kier molecular flexibility index (Phi) is 5.90. The van der Waals surface area contributed by atoms with E-state index < -0.39 is 11.2 Å². The molecule has 0 spiro atoms. The predicted molar refractivity (Wildman–Crippen MR) is 79.5 cm³/mol. The van der Waals surface area contributed by atoms with Crippen LogP contribution in [-0.4, -0.2) is 79.2 Å². The van der Waals surface area contributed by atoms with E-state index in [0.717, 1.165) is 6.42 Å². The fraction of sp³-hybridized carbons (Fsp3) is 0.714. The molecule has 0 radical (unpaired) electrons. The average Bonchev–Trinajstić information content (AvgIpc) is 2.57. The van der Waals surface area contributed by atoms with Gasteiger partial charge in [-0.3, -0.25) is 19.2 Å². The van der Waals surface area contributed by atoms with Crippen LogP contribution in [0.1, 0.15) is 25.7 Å². The Balaban J connectivity index is 3.25. The molecule has 0 heterocycles. The van der Waals surface area contributed by atoms with Gasteiger partial charge in [0.1, 0.15) is 5.66 Å². The number of hydrogen-bond acceptors (Lipinski definition) is 4.